The lowest BCUT2D eigenvalue weighted by molar-refractivity contribution is 0.262. The number of hydrogen-bond donors (Lipinski definition) is 2. The van der Waals surface area contributed by atoms with Gasteiger partial charge in [-0.25, -0.2) is 4.79 Å². The Morgan fingerprint density at radius 2 is 1.62 bits per heavy atom. The van der Waals surface area contributed by atoms with Crippen molar-refractivity contribution >= 4 is 23.1 Å². The van der Waals surface area contributed by atoms with Gasteiger partial charge in [0.15, 0.2) is 0 Å². The summed E-state index contributed by atoms with van der Waals surface area (Å²) in [5, 5.41) is 5.88. The molecule has 0 atom stereocenters. The molecule has 2 amide bonds. The highest BCUT2D eigenvalue weighted by Crippen LogP contribution is 2.22. The van der Waals surface area contributed by atoms with E-state index in [1.54, 1.807) is 0 Å². The zero-order valence-electron chi connectivity index (χ0n) is 15.0. The van der Waals surface area contributed by atoms with Gasteiger partial charge in [0.2, 0.25) is 0 Å². The summed E-state index contributed by atoms with van der Waals surface area (Å²) >= 11 is 0. The number of nitrogens with one attached hydrogen (secondary N) is 2. The van der Waals surface area contributed by atoms with Crippen LogP contribution in [0.4, 0.5) is 21.9 Å². The lowest BCUT2D eigenvalue weighted by Gasteiger charge is -2.21. The summed E-state index contributed by atoms with van der Waals surface area (Å²) < 4.78 is 0. The number of anilines is 3. The van der Waals surface area contributed by atoms with Crippen LogP contribution in [0, 0.1) is 6.92 Å². The average Bonchev–Trinajstić information content (AvgIpc) is 2.59. The Kier molecular flexibility index (Phi) is 6.24. The maximum absolute atomic E-state index is 12.3. The molecule has 4 heteroatoms. The predicted octanol–water partition coefficient (Wildman–Crippen LogP) is 5.05. The first kappa shape index (κ1) is 17.9. The molecule has 2 aromatic rings. The second-order valence-corrected chi connectivity index (χ2v) is 5.76. The van der Waals surface area contributed by atoms with E-state index in [1.165, 1.54) is 0 Å². The third kappa shape index (κ3) is 4.28. The van der Waals surface area contributed by atoms with Crippen LogP contribution >= 0.6 is 0 Å². The number of para-hydroxylation sites is 1. The van der Waals surface area contributed by atoms with Crippen molar-refractivity contribution in [2.24, 2.45) is 0 Å². The van der Waals surface area contributed by atoms with E-state index in [2.05, 4.69) is 36.3 Å². The molecule has 0 aliphatic rings. The van der Waals surface area contributed by atoms with Crippen LogP contribution in [0.1, 0.15) is 31.9 Å². The SMILES string of the molecule is CCc1cccc(C)c1NC(=O)Nc1ccc(N(CC)CC)cc1. The smallest absolute Gasteiger partial charge is 0.323 e. The fraction of sp³-hybridized carbons (Fsp3) is 0.350. The van der Waals surface area contributed by atoms with Gasteiger partial charge in [0.05, 0.1) is 0 Å². The highest BCUT2D eigenvalue weighted by atomic mass is 16.2. The molecular formula is C20H27N3O. The molecule has 0 fully saturated rings. The maximum Gasteiger partial charge on any atom is 0.323 e. The summed E-state index contributed by atoms with van der Waals surface area (Å²) in [5.74, 6) is 0. The molecule has 128 valence electrons. The summed E-state index contributed by atoms with van der Waals surface area (Å²) in [4.78, 5) is 14.6. The zero-order chi connectivity index (χ0) is 17.5. The minimum Gasteiger partial charge on any atom is -0.372 e. The van der Waals surface area contributed by atoms with Crippen LogP contribution < -0.4 is 15.5 Å². The summed E-state index contributed by atoms with van der Waals surface area (Å²) in [7, 11) is 0. The van der Waals surface area contributed by atoms with E-state index in [4.69, 9.17) is 0 Å². The summed E-state index contributed by atoms with van der Waals surface area (Å²) in [6.45, 7) is 10.3. The van der Waals surface area contributed by atoms with Crippen molar-refractivity contribution < 1.29 is 4.79 Å². The van der Waals surface area contributed by atoms with Crippen LogP contribution in [0.15, 0.2) is 42.5 Å². The van der Waals surface area contributed by atoms with E-state index in [0.717, 1.165) is 47.7 Å². The minimum atomic E-state index is -0.213. The molecule has 0 aromatic heterocycles. The van der Waals surface area contributed by atoms with E-state index in [9.17, 15) is 4.79 Å². The number of urea groups is 1. The van der Waals surface area contributed by atoms with Gasteiger partial charge in [-0.1, -0.05) is 25.1 Å². The van der Waals surface area contributed by atoms with Crippen LogP contribution in [0.5, 0.6) is 0 Å². The summed E-state index contributed by atoms with van der Waals surface area (Å²) in [6, 6.07) is 13.8. The highest BCUT2D eigenvalue weighted by Gasteiger charge is 2.09. The molecule has 2 aromatic carbocycles. The van der Waals surface area contributed by atoms with Gasteiger partial charge in [0, 0.05) is 30.2 Å². The molecule has 0 heterocycles. The average molecular weight is 325 g/mol. The first-order chi connectivity index (χ1) is 11.6. The zero-order valence-corrected chi connectivity index (χ0v) is 15.0. The van der Waals surface area contributed by atoms with Crippen LogP contribution in [-0.4, -0.2) is 19.1 Å². The van der Waals surface area contributed by atoms with E-state index in [-0.39, 0.29) is 6.03 Å². The Hall–Kier alpha value is -2.49. The molecule has 0 radical (unpaired) electrons. The number of benzene rings is 2. The molecule has 0 saturated heterocycles. The van der Waals surface area contributed by atoms with E-state index < -0.39 is 0 Å². The fourth-order valence-corrected chi connectivity index (χ4v) is 2.82. The van der Waals surface area contributed by atoms with Gasteiger partial charge < -0.3 is 15.5 Å². The molecule has 4 nitrogen and oxygen atoms in total. The first-order valence-electron chi connectivity index (χ1n) is 8.60. The fourth-order valence-electron chi connectivity index (χ4n) is 2.82. The number of aryl methyl sites for hydroxylation is 2. The Labute approximate surface area is 144 Å². The lowest BCUT2D eigenvalue weighted by Crippen LogP contribution is -2.22. The van der Waals surface area contributed by atoms with Gasteiger partial charge in [-0.05, 0) is 62.6 Å². The molecule has 0 saturated carbocycles. The maximum atomic E-state index is 12.3. The Morgan fingerprint density at radius 3 is 2.21 bits per heavy atom. The lowest BCUT2D eigenvalue weighted by atomic mass is 10.1. The molecule has 2 rings (SSSR count). The minimum absolute atomic E-state index is 0.213. The standard InChI is InChI=1S/C20H27N3O/c1-5-16-10-8-9-15(4)19(16)22-20(24)21-17-11-13-18(14-12-17)23(6-2)7-3/h8-14H,5-7H2,1-4H3,(H2,21,22,24). The highest BCUT2D eigenvalue weighted by molar-refractivity contribution is 6.00. The molecule has 0 spiro atoms. The Balaban J connectivity index is 2.05. The number of carbonyl (C=O) groups excluding carboxylic acids is 1. The van der Waals surface area contributed by atoms with Crippen molar-refractivity contribution in [3.63, 3.8) is 0 Å². The molecular weight excluding hydrogens is 298 g/mol. The summed E-state index contributed by atoms with van der Waals surface area (Å²) in [6.07, 6.45) is 0.885. The number of hydrogen-bond acceptors (Lipinski definition) is 2. The summed E-state index contributed by atoms with van der Waals surface area (Å²) in [5.41, 5.74) is 5.06. The van der Waals surface area contributed by atoms with Crippen molar-refractivity contribution in [3.05, 3.63) is 53.6 Å². The van der Waals surface area contributed by atoms with Crippen molar-refractivity contribution in [1.82, 2.24) is 0 Å². The number of amides is 2. The van der Waals surface area contributed by atoms with E-state index in [1.807, 2.05) is 49.4 Å². The van der Waals surface area contributed by atoms with Crippen molar-refractivity contribution in [2.75, 3.05) is 28.6 Å². The third-order valence-electron chi connectivity index (χ3n) is 4.23. The van der Waals surface area contributed by atoms with Gasteiger partial charge >= 0.3 is 6.03 Å². The number of nitrogens with zero attached hydrogens (tertiary/aromatic N) is 1. The predicted molar refractivity (Wildman–Crippen MR) is 103 cm³/mol. The van der Waals surface area contributed by atoms with Gasteiger partial charge in [-0.2, -0.15) is 0 Å². The molecule has 0 aliphatic heterocycles. The number of carbonyl (C=O) groups is 1. The van der Waals surface area contributed by atoms with Gasteiger partial charge in [-0.3, -0.25) is 0 Å². The van der Waals surface area contributed by atoms with Crippen LogP contribution in [0.2, 0.25) is 0 Å². The number of rotatable bonds is 6. The second kappa shape index (κ2) is 8.39. The molecule has 0 bridgehead atoms. The topological polar surface area (TPSA) is 44.4 Å². The van der Waals surface area contributed by atoms with Crippen molar-refractivity contribution in [3.8, 4) is 0 Å². The van der Waals surface area contributed by atoms with Crippen LogP contribution in [-0.2, 0) is 6.42 Å². The molecule has 2 N–H and O–H groups in total. The Morgan fingerprint density at radius 1 is 0.958 bits per heavy atom. The van der Waals surface area contributed by atoms with Crippen molar-refractivity contribution in [1.29, 1.82) is 0 Å². The van der Waals surface area contributed by atoms with Gasteiger partial charge in [0.1, 0.15) is 0 Å². The second-order valence-electron chi connectivity index (χ2n) is 5.76. The van der Waals surface area contributed by atoms with Crippen LogP contribution in [0.3, 0.4) is 0 Å². The first-order valence-corrected chi connectivity index (χ1v) is 8.60. The molecule has 24 heavy (non-hydrogen) atoms. The van der Waals surface area contributed by atoms with Gasteiger partial charge in [0.25, 0.3) is 0 Å². The van der Waals surface area contributed by atoms with Crippen molar-refractivity contribution in [2.45, 2.75) is 34.1 Å². The third-order valence-corrected chi connectivity index (χ3v) is 4.23. The molecule has 0 aliphatic carbocycles. The van der Waals surface area contributed by atoms with E-state index in [0.29, 0.717) is 0 Å². The van der Waals surface area contributed by atoms with Crippen LogP contribution in [0.25, 0.3) is 0 Å². The Bertz CT molecular complexity index is 676. The quantitative estimate of drug-likeness (QED) is 0.781. The largest absolute Gasteiger partial charge is 0.372 e. The monoisotopic (exact) mass is 325 g/mol. The molecule has 0 unspecified atom stereocenters. The van der Waals surface area contributed by atoms with E-state index >= 15 is 0 Å². The normalized spacial score (nSPS) is 10.3. The van der Waals surface area contributed by atoms with Gasteiger partial charge in [-0.15, -0.1) is 0 Å².